The lowest BCUT2D eigenvalue weighted by atomic mass is 10.0. The largest absolute Gasteiger partial charge is 0.350 e. The van der Waals surface area contributed by atoms with E-state index in [0.717, 1.165) is 23.1 Å². The number of carbonyl (C=O) groups is 2. The first-order chi connectivity index (χ1) is 17.2. The van der Waals surface area contributed by atoms with Crippen LogP contribution in [0.25, 0.3) is 21.9 Å². The molecule has 1 heterocycles. The van der Waals surface area contributed by atoms with Gasteiger partial charge >= 0.3 is 0 Å². The van der Waals surface area contributed by atoms with Crippen molar-refractivity contribution >= 4 is 22.6 Å². The summed E-state index contributed by atoms with van der Waals surface area (Å²) in [5.41, 5.74) is 3.99. The van der Waals surface area contributed by atoms with Crippen LogP contribution in [0, 0.1) is 0 Å². The lowest BCUT2D eigenvalue weighted by molar-refractivity contribution is -0.130. The summed E-state index contributed by atoms with van der Waals surface area (Å²) in [4.78, 5) is 27.4. The second-order valence-electron chi connectivity index (χ2n) is 8.97. The third kappa shape index (κ3) is 5.42. The van der Waals surface area contributed by atoms with Crippen molar-refractivity contribution in [3.8, 4) is 11.1 Å². The molecule has 4 aromatic rings. The van der Waals surface area contributed by atoms with Crippen LogP contribution < -0.4 is 10.6 Å². The van der Waals surface area contributed by atoms with Gasteiger partial charge in [0, 0.05) is 31.2 Å². The van der Waals surface area contributed by atoms with Crippen LogP contribution >= 0.6 is 0 Å². The Kier molecular flexibility index (Phi) is 6.87. The van der Waals surface area contributed by atoms with E-state index >= 15 is 0 Å². The molecule has 0 aliphatic carbocycles. The van der Waals surface area contributed by atoms with Gasteiger partial charge in [-0.1, -0.05) is 84.9 Å². The fourth-order valence-electron chi connectivity index (χ4n) is 4.62. The minimum absolute atomic E-state index is 0.0454. The molecule has 0 aromatic heterocycles. The van der Waals surface area contributed by atoms with Crippen molar-refractivity contribution in [2.75, 3.05) is 19.6 Å². The van der Waals surface area contributed by atoms with Gasteiger partial charge in [0.25, 0.3) is 5.91 Å². The van der Waals surface area contributed by atoms with E-state index in [0.29, 0.717) is 25.2 Å². The topological polar surface area (TPSA) is 61.4 Å². The number of fused-ring (bicyclic) bond motifs is 1. The number of benzene rings is 4. The quantitative estimate of drug-likeness (QED) is 0.438. The summed E-state index contributed by atoms with van der Waals surface area (Å²) >= 11 is 0. The van der Waals surface area contributed by atoms with E-state index in [-0.39, 0.29) is 24.4 Å². The number of nitrogens with zero attached hydrogens (tertiary/aromatic N) is 1. The predicted molar refractivity (Wildman–Crippen MR) is 140 cm³/mol. The molecule has 1 aliphatic heterocycles. The van der Waals surface area contributed by atoms with Gasteiger partial charge in [-0.2, -0.15) is 0 Å². The van der Waals surface area contributed by atoms with Gasteiger partial charge in [0.2, 0.25) is 5.91 Å². The van der Waals surface area contributed by atoms with E-state index in [1.807, 2.05) is 65.6 Å². The number of rotatable bonds is 6. The van der Waals surface area contributed by atoms with E-state index in [2.05, 4.69) is 47.0 Å². The molecule has 1 atom stereocenters. The maximum Gasteiger partial charge on any atom is 0.251 e. The lowest BCUT2D eigenvalue weighted by Crippen LogP contribution is -2.41. The smallest absolute Gasteiger partial charge is 0.251 e. The number of hydrogen-bond acceptors (Lipinski definition) is 3. The maximum absolute atomic E-state index is 12.8. The standard InChI is InChI=1S/C30H29N3O2/c34-29-20-31-27(17-18-33(29)21-26-11-6-10-24-9-4-5-12-28(24)26)19-32-30(35)25-15-13-23(14-16-25)22-7-2-1-3-8-22/h1-16,27,31H,17-21H2,(H,32,35). The molecule has 1 fully saturated rings. The van der Waals surface area contributed by atoms with Crippen LogP contribution in [-0.4, -0.2) is 42.4 Å². The first-order valence-corrected chi connectivity index (χ1v) is 12.1. The molecular weight excluding hydrogens is 434 g/mol. The molecule has 4 aromatic carbocycles. The predicted octanol–water partition coefficient (Wildman–Crippen LogP) is 4.63. The first-order valence-electron chi connectivity index (χ1n) is 12.1. The summed E-state index contributed by atoms with van der Waals surface area (Å²) < 4.78 is 0. The third-order valence-electron chi connectivity index (χ3n) is 6.65. The molecule has 176 valence electrons. The van der Waals surface area contributed by atoms with E-state index in [9.17, 15) is 9.59 Å². The van der Waals surface area contributed by atoms with E-state index in [1.54, 1.807) is 0 Å². The van der Waals surface area contributed by atoms with Gasteiger partial charge in [0.1, 0.15) is 0 Å². The Balaban J connectivity index is 1.16. The summed E-state index contributed by atoms with van der Waals surface area (Å²) in [7, 11) is 0. The zero-order valence-corrected chi connectivity index (χ0v) is 19.6. The average Bonchev–Trinajstić information content (AvgIpc) is 3.09. The summed E-state index contributed by atoms with van der Waals surface area (Å²) in [6.07, 6.45) is 0.781. The van der Waals surface area contributed by atoms with E-state index in [1.165, 1.54) is 10.8 Å². The fourth-order valence-corrected chi connectivity index (χ4v) is 4.62. The number of amides is 2. The highest BCUT2D eigenvalue weighted by molar-refractivity contribution is 5.94. The van der Waals surface area contributed by atoms with E-state index in [4.69, 9.17) is 0 Å². The molecular formula is C30H29N3O2. The van der Waals surface area contributed by atoms with Gasteiger partial charge in [-0.05, 0) is 46.0 Å². The molecule has 0 radical (unpaired) electrons. The molecule has 1 saturated heterocycles. The normalized spacial score (nSPS) is 16.2. The Morgan fingerprint density at radius 1 is 0.857 bits per heavy atom. The third-order valence-corrected chi connectivity index (χ3v) is 6.65. The van der Waals surface area contributed by atoms with Crippen molar-refractivity contribution in [2.24, 2.45) is 0 Å². The average molecular weight is 464 g/mol. The summed E-state index contributed by atoms with van der Waals surface area (Å²) in [6.45, 7) is 2.00. The Labute approximate surface area is 205 Å². The second-order valence-corrected chi connectivity index (χ2v) is 8.97. The Morgan fingerprint density at radius 2 is 1.57 bits per heavy atom. The van der Waals surface area contributed by atoms with Crippen molar-refractivity contribution < 1.29 is 9.59 Å². The molecule has 5 heteroatoms. The SMILES string of the molecule is O=C(NCC1CCN(Cc2cccc3ccccc23)C(=O)CN1)c1ccc(-c2ccccc2)cc1. The minimum Gasteiger partial charge on any atom is -0.350 e. The molecule has 2 amide bonds. The number of hydrogen-bond donors (Lipinski definition) is 2. The van der Waals surface area contributed by atoms with Gasteiger partial charge in [-0.15, -0.1) is 0 Å². The fraction of sp³-hybridized carbons (Fsp3) is 0.200. The van der Waals surface area contributed by atoms with Crippen molar-refractivity contribution in [1.82, 2.24) is 15.5 Å². The van der Waals surface area contributed by atoms with Crippen LogP contribution in [0.2, 0.25) is 0 Å². The van der Waals surface area contributed by atoms with Gasteiger partial charge in [-0.3, -0.25) is 9.59 Å². The highest BCUT2D eigenvalue weighted by Crippen LogP contribution is 2.21. The second kappa shape index (κ2) is 10.5. The first kappa shape index (κ1) is 22.8. The summed E-state index contributed by atoms with van der Waals surface area (Å²) in [5.74, 6) is -0.0159. The van der Waals surface area contributed by atoms with Crippen LogP contribution in [-0.2, 0) is 11.3 Å². The highest BCUT2D eigenvalue weighted by atomic mass is 16.2. The van der Waals surface area contributed by atoms with Crippen molar-refractivity contribution in [3.05, 3.63) is 108 Å². The Morgan fingerprint density at radius 3 is 2.40 bits per heavy atom. The van der Waals surface area contributed by atoms with Gasteiger partial charge in [0.15, 0.2) is 0 Å². The lowest BCUT2D eigenvalue weighted by Gasteiger charge is -2.21. The van der Waals surface area contributed by atoms with E-state index < -0.39 is 0 Å². The maximum atomic E-state index is 12.8. The van der Waals surface area contributed by atoms with Gasteiger partial charge in [0.05, 0.1) is 6.54 Å². The van der Waals surface area contributed by atoms with Crippen molar-refractivity contribution in [2.45, 2.75) is 19.0 Å². The van der Waals surface area contributed by atoms with Crippen LogP contribution in [0.3, 0.4) is 0 Å². The highest BCUT2D eigenvalue weighted by Gasteiger charge is 2.23. The molecule has 5 nitrogen and oxygen atoms in total. The molecule has 1 unspecified atom stereocenters. The van der Waals surface area contributed by atoms with Crippen LogP contribution in [0.5, 0.6) is 0 Å². The molecule has 5 rings (SSSR count). The number of carbonyl (C=O) groups excluding carboxylic acids is 2. The summed E-state index contributed by atoms with van der Waals surface area (Å²) in [6, 6.07) is 32.3. The zero-order valence-electron chi connectivity index (χ0n) is 19.6. The van der Waals surface area contributed by atoms with Crippen molar-refractivity contribution in [1.29, 1.82) is 0 Å². The minimum atomic E-state index is -0.102. The van der Waals surface area contributed by atoms with Gasteiger partial charge in [-0.25, -0.2) is 0 Å². The van der Waals surface area contributed by atoms with Crippen LogP contribution in [0.1, 0.15) is 22.3 Å². The molecule has 0 spiro atoms. The van der Waals surface area contributed by atoms with Gasteiger partial charge < -0.3 is 15.5 Å². The Bertz CT molecular complexity index is 1310. The molecule has 35 heavy (non-hydrogen) atoms. The van der Waals surface area contributed by atoms with Crippen molar-refractivity contribution in [3.63, 3.8) is 0 Å². The molecule has 1 aliphatic rings. The monoisotopic (exact) mass is 463 g/mol. The molecule has 0 saturated carbocycles. The summed E-state index contributed by atoms with van der Waals surface area (Å²) in [5, 5.41) is 8.71. The van der Waals surface area contributed by atoms with Crippen LogP contribution in [0.15, 0.2) is 97.1 Å². The molecule has 0 bridgehead atoms. The zero-order chi connectivity index (χ0) is 24.0. The Hall–Kier alpha value is -3.96. The molecule has 2 N–H and O–H groups in total. The number of nitrogens with one attached hydrogen (secondary N) is 2. The van der Waals surface area contributed by atoms with Crippen LogP contribution in [0.4, 0.5) is 0 Å².